The number of oxazole rings is 1. The van der Waals surface area contributed by atoms with Crippen molar-refractivity contribution >= 4 is 27.0 Å². The first kappa shape index (κ1) is 10.4. The van der Waals surface area contributed by atoms with Gasteiger partial charge in [-0.15, -0.1) is 0 Å². The first-order chi connectivity index (χ1) is 6.88. The summed E-state index contributed by atoms with van der Waals surface area (Å²) in [7, 11) is 0. The lowest BCUT2D eigenvalue weighted by molar-refractivity contribution is -0.156. The fraction of sp³-hybridized carbons (Fsp3) is 0.125. The van der Waals surface area contributed by atoms with E-state index in [0.717, 1.165) is 6.07 Å². The standard InChI is InChI=1S/C8H2BrF4NO/c9-3-1-4(10)6-5(2-3)15-7(14-6)8(11,12)13/h1-2H. The zero-order valence-corrected chi connectivity index (χ0v) is 8.49. The molecule has 15 heavy (non-hydrogen) atoms. The number of benzene rings is 1. The molecule has 0 amide bonds. The van der Waals surface area contributed by atoms with E-state index in [1.165, 1.54) is 6.07 Å². The first-order valence-corrected chi connectivity index (χ1v) is 4.50. The number of hydrogen-bond acceptors (Lipinski definition) is 2. The first-order valence-electron chi connectivity index (χ1n) is 3.71. The molecule has 0 bridgehead atoms. The predicted octanol–water partition coefficient (Wildman–Crippen LogP) is 3.75. The number of nitrogens with zero attached hydrogens (tertiary/aromatic N) is 1. The molecule has 0 unspecified atom stereocenters. The van der Waals surface area contributed by atoms with Crippen LogP contribution in [0.1, 0.15) is 5.89 Å². The summed E-state index contributed by atoms with van der Waals surface area (Å²) in [5, 5.41) is 0. The lowest BCUT2D eigenvalue weighted by atomic mass is 10.3. The highest BCUT2D eigenvalue weighted by molar-refractivity contribution is 9.10. The molecule has 0 aliphatic rings. The maximum atomic E-state index is 13.1. The molecule has 0 spiro atoms. The van der Waals surface area contributed by atoms with Crippen LogP contribution in [-0.2, 0) is 6.18 Å². The van der Waals surface area contributed by atoms with Crippen LogP contribution in [0.25, 0.3) is 11.1 Å². The molecule has 7 heteroatoms. The summed E-state index contributed by atoms with van der Waals surface area (Å²) < 4.78 is 54.3. The highest BCUT2D eigenvalue weighted by Crippen LogP contribution is 2.32. The maximum Gasteiger partial charge on any atom is 0.468 e. The van der Waals surface area contributed by atoms with Crippen molar-refractivity contribution in [3.63, 3.8) is 0 Å². The lowest BCUT2D eigenvalue weighted by Gasteiger charge is -1.97. The smallest absolute Gasteiger partial charge is 0.433 e. The van der Waals surface area contributed by atoms with E-state index < -0.39 is 23.4 Å². The summed E-state index contributed by atoms with van der Waals surface area (Å²) in [6.45, 7) is 0. The fourth-order valence-electron chi connectivity index (χ4n) is 1.08. The Morgan fingerprint density at radius 3 is 2.53 bits per heavy atom. The second-order valence-corrected chi connectivity index (χ2v) is 3.67. The van der Waals surface area contributed by atoms with Crippen molar-refractivity contribution < 1.29 is 22.0 Å². The van der Waals surface area contributed by atoms with Gasteiger partial charge in [0.15, 0.2) is 11.4 Å². The molecule has 2 aromatic rings. The van der Waals surface area contributed by atoms with Crippen molar-refractivity contribution in [3.8, 4) is 0 Å². The van der Waals surface area contributed by atoms with E-state index in [1.807, 2.05) is 0 Å². The second-order valence-electron chi connectivity index (χ2n) is 2.75. The Morgan fingerprint density at radius 2 is 1.93 bits per heavy atom. The molecule has 2 rings (SSSR count). The van der Waals surface area contributed by atoms with E-state index >= 15 is 0 Å². The van der Waals surface area contributed by atoms with Gasteiger partial charge in [0.05, 0.1) is 0 Å². The summed E-state index contributed by atoms with van der Waals surface area (Å²) in [6, 6.07) is 2.24. The van der Waals surface area contributed by atoms with E-state index in [0.29, 0.717) is 0 Å². The summed E-state index contributed by atoms with van der Waals surface area (Å²) in [5.41, 5.74) is -0.667. The average Bonchev–Trinajstić information content (AvgIpc) is 2.46. The van der Waals surface area contributed by atoms with Crippen LogP contribution in [0, 0.1) is 5.82 Å². The number of fused-ring (bicyclic) bond motifs is 1. The molecule has 1 heterocycles. The van der Waals surface area contributed by atoms with Gasteiger partial charge in [0.1, 0.15) is 5.52 Å². The van der Waals surface area contributed by atoms with Crippen molar-refractivity contribution in [1.82, 2.24) is 4.98 Å². The van der Waals surface area contributed by atoms with Gasteiger partial charge >= 0.3 is 12.1 Å². The van der Waals surface area contributed by atoms with Gasteiger partial charge in [-0.05, 0) is 12.1 Å². The molecule has 2 nitrogen and oxygen atoms in total. The molecule has 0 radical (unpaired) electrons. The molecule has 0 fully saturated rings. The van der Waals surface area contributed by atoms with Crippen LogP contribution in [0.3, 0.4) is 0 Å². The topological polar surface area (TPSA) is 26.0 Å². The second kappa shape index (κ2) is 3.19. The molecule has 0 saturated heterocycles. The van der Waals surface area contributed by atoms with Crippen LogP contribution in [0.15, 0.2) is 21.0 Å². The minimum Gasteiger partial charge on any atom is -0.433 e. The minimum absolute atomic E-state index is 0.241. The Bertz CT molecular complexity index is 519. The molecular weight excluding hydrogens is 282 g/mol. The van der Waals surface area contributed by atoms with E-state index in [9.17, 15) is 17.6 Å². The number of halogens is 5. The van der Waals surface area contributed by atoms with Gasteiger partial charge in [0.25, 0.3) is 0 Å². The summed E-state index contributed by atoms with van der Waals surface area (Å²) in [5.74, 6) is -2.31. The third-order valence-corrected chi connectivity index (χ3v) is 2.11. The highest BCUT2D eigenvalue weighted by Gasteiger charge is 2.37. The molecule has 0 N–H and O–H groups in total. The van der Waals surface area contributed by atoms with E-state index in [2.05, 4.69) is 25.3 Å². The average molecular weight is 284 g/mol. The zero-order valence-electron chi connectivity index (χ0n) is 6.90. The van der Waals surface area contributed by atoms with E-state index in [4.69, 9.17) is 0 Å². The summed E-state index contributed by atoms with van der Waals surface area (Å²) in [4.78, 5) is 3.04. The zero-order chi connectivity index (χ0) is 11.2. The molecule has 80 valence electrons. The number of hydrogen-bond donors (Lipinski definition) is 0. The van der Waals surface area contributed by atoms with E-state index in [1.54, 1.807) is 0 Å². The largest absolute Gasteiger partial charge is 0.468 e. The predicted molar refractivity (Wildman–Crippen MR) is 46.7 cm³/mol. The van der Waals surface area contributed by atoms with Crippen molar-refractivity contribution in [2.45, 2.75) is 6.18 Å². The Labute approximate surface area is 89.0 Å². The molecular formula is C8H2BrF4NO. The fourth-order valence-corrected chi connectivity index (χ4v) is 1.49. The maximum absolute atomic E-state index is 13.1. The quantitative estimate of drug-likeness (QED) is 0.689. The monoisotopic (exact) mass is 283 g/mol. The van der Waals surface area contributed by atoms with Crippen LogP contribution >= 0.6 is 15.9 Å². The van der Waals surface area contributed by atoms with Crippen molar-refractivity contribution in [3.05, 3.63) is 28.3 Å². The van der Waals surface area contributed by atoms with E-state index in [-0.39, 0.29) is 10.1 Å². The van der Waals surface area contributed by atoms with Gasteiger partial charge in [-0.3, -0.25) is 0 Å². The molecule has 0 aliphatic heterocycles. The van der Waals surface area contributed by atoms with Gasteiger partial charge in [0, 0.05) is 4.47 Å². The molecule has 1 aromatic heterocycles. The third-order valence-electron chi connectivity index (χ3n) is 1.66. The third kappa shape index (κ3) is 1.83. The molecule has 0 atom stereocenters. The van der Waals surface area contributed by atoms with Gasteiger partial charge in [0.2, 0.25) is 0 Å². The van der Waals surface area contributed by atoms with Crippen molar-refractivity contribution in [1.29, 1.82) is 0 Å². The Balaban J connectivity index is 2.71. The van der Waals surface area contributed by atoms with Crippen LogP contribution in [-0.4, -0.2) is 4.98 Å². The summed E-state index contributed by atoms with van der Waals surface area (Å²) >= 11 is 2.93. The molecule has 0 saturated carbocycles. The van der Waals surface area contributed by atoms with Crippen LogP contribution in [0.5, 0.6) is 0 Å². The van der Waals surface area contributed by atoms with Crippen LogP contribution < -0.4 is 0 Å². The minimum atomic E-state index is -4.71. The Kier molecular flexibility index (Phi) is 2.22. The normalized spacial score (nSPS) is 12.3. The van der Waals surface area contributed by atoms with Gasteiger partial charge in [-0.1, -0.05) is 15.9 Å². The summed E-state index contributed by atoms with van der Waals surface area (Å²) in [6.07, 6.45) is -4.71. The van der Waals surface area contributed by atoms with Crippen LogP contribution in [0.2, 0.25) is 0 Å². The van der Waals surface area contributed by atoms with Crippen molar-refractivity contribution in [2.24, 2.45) is 0 Å². The van der Waals surface area contributed by atoms with Gasteiger partial charge in [-0.25, -0.2) is 9.37 Å². The number of alkyl halides is 3. The molecule has 1 aromatic carbocycles. The van der Waals surface area contributed by atoms with Crippen LogP contribution in [0.4, 0.5) is 17.6 Å². The number of aromatic nitrogens is 1. The SMILES string of the molecule is Fc1cc(Br)cc2oc(C(F)(F)F)nc12. The number of rotatable bonds is 0. The van der Waals surface area contributed by atoms with Gasteiger partial charge < -0.3 is 4.42 Å². The Morgan fingerprint density at radius 1 is 1.27 bits per heavy atom. The lowest BCUT2D eigenvalue weighted by Crippen LogP contribution is -2.04. The highest BCUT2D eigenvalue weighted by atomic mass is 79.9. The van der Waals surface area contributed by atoms with Crippen molar-refractivity contribution in [2.75, 3.05) is 0 Å². The molecule has 0 aliphatic carbocycles. The Hall–Kier alpha value is -1.11. The van der Waals surface area contributed by atoms with Gasteiger partial charge in [-0.2, -0.15) is 13.2 Å².